The van der Waals surface area contributed by atoms with Crippen molar-refractivity contribution in [3.8, 4) is 11.5 Å². The summed E-state index contributed by atoms with van der Waals surface area (Å²) in [4.78, 5) is 0. The normalized spacial score (nSPS) is 12.2. The van der Waals surface area contributed by atoms with E-state index < -0.39 is 12.7 Å². The number of methoxy groups -OCH3 is 1. The van der Waals surface area contributed by atoms with Crippen molar-refractivity contribution in [1.82, 2.24) is 0 Å². The molecule has 0 aromatic heterocycles. The lowest BCUT2D eigenvalue weighted by Gasteiger charge is -2.17. The second kappa shape index (κ2) is 7.04. The summed E-state index contributed by atoms with van der Waals surface area (Å²) in [7, 11) is 1.59. The molecule has 0 spiro atoms. The van der Waals surface area contributed by atoms with E-state index in [1.54, 1.807) is 25.3 Å². The largest absolute Gasteiger partial charge is 0.497 e. The summed E-state index contributed by atoms with van der Waals surface area (Å²) in [6.07, 6.45) is 0.501. The van der Waals surface area contributed by atoms with Gasteiger partial charge in [0, 0.05) is 11.6 Å². The topological polar surface area (TPSA) is 44.5 Å². The molecule has 0 aliphatic carbocycles. The molecule has 0 aliphatic heterocycles. The molecule has 3 nitrogen and oxygen atoms in total. The number of rotatable bonds is 6. The Hall–Kier alpha value is -2.14. The third-order valence-corrected chi connectivity index (χ3v) is 3.12. The molecular weight excluding hydrogens is 276 g/mol. The van der Waals surface area contributed by atoms with Crippen LogP contribution in [0.15, 0.2) is 48.5 Å². The number of nitrogens with two attached hydrogens (primary N) is 1. The van der Waals surface area contributed by atoms with Crippen LogP contribution in [0, 0.1) is 0 Å². The number of alkyl halides is 2. The van der Waals surface area contributed by atoms with E-state index in [0.717, 1.165) is 11.3 Å². The molecule has 0 fully saturated rings. The van der Waals surface area contributed by atoms with Gasteiger partial charge in [-0.1, -0.05) is 30.3 Å². The molecule has 2 N–H and O–H groups in total. The molecule has 0 radical (unpaired) electrons. The van der Waals surface area contributed by atoms with Crippen molar-refractivity contribution in [2.24, 2.45) is 5.73 Å². The molecule has 0 amide bonds. The van der Waals surface area contributed by atoms with E-state index in [9.17, 15) is 8.78 Å². The summed E-state index contributed by atoms with van der Waals surface area (Å²) in [6.45, 7) is -2.87. The van der Waals surface area contributed by atoms with Gasteiger partial charge in [-0.05, 0) is 30.2 Å². The van der Waals surface area contributed by atoms with E-state index >= 15 is 0 Å². The maximum Gasteiger partial charge on any atom is 0.387 e. The molecule has 1 atom stereocenters. The van der Waals surface area contributed by atoms with Crippen molar-refractivity contribution in [1.29, 1.82) is 0 Å². The predicted octanol–water partition coefficient (Wildman–Crippen LogP) is 3.54. The summed E-state index contributed by atoms with van der Waals surface area (Å²) in [5.41, 5.74) is 7.65. The number of ether oxygens (including phenoxy) is 2. The minimum absolute atomic E-state index is 0.114. The van der Waals surface area contributed by atoms with Gasteiger partial charge in [0.15, 0.2) is 0 Å². The van der Waals surface area contributed by atoms with Crippen LogP contribution in [0.4, 0.5) is 8.78 Å². The summed E-state index contributed by atoms with van der Waals surface area (Å²) in [6, 6.07) is 13.6. The first kappa shape index (κ1) is 15.3. The molecule has 0 heterocycles. The zero-order valence-corrected chi connectivity index (χ0v) is 11.6. The van der Waals surface area contributed by atoms with Gasteiger partial charge in [0.2, 0.25) is 0 Å². The summed E-state index contributed by atoms with van der Waals surface area (Å²) in [5.74, 6) is 0.847. The smallest absolute Gasteiger partial charge is 0.387 e. The lowest BCUT2D eigenvalue weighted by molar-refractivity contribution is -0.0506. The van der Waals surface area contributed by atoms with Crippen molar-refractivity contribution in [2.75, 3.05) is 7.11 Å². The molecule has 0 saturated heterocycles. The summed E-state index contributed by atoms with van der Waals surface area (Å²) < 4.78 is 34.5. The highest BCUT2D eigenvalue weighted by Crippen LogP contribution is 2.28. The Kier molecular flexibility index (Phi) is 5.11. The van der Waals surface area contributed by atoms with E-state index in [-0.39, 0.29) is 5.75 Å². The Bertz CT molecular complexity index is 590. The van der Waals surface area contributed by atoms with Crippen LogP contribution in [0.1, 0.15) is 17.2 Å². The third-order valence-electron chi connectivity index (χ3n) is 3.12. The SMILES string of the molecule is COc1cccc(CC(N)c2ccccc2OC(F)F)c1. The van der Waals surface area contributed by atoms with Crippen molar-refractivity contribution in [3.63, 3.8) is 0 Å². The van der Waals surface area contributed by atoms with E-state index in [0.29, 0.717) is 12.0 Å². The van der Waals surface area contributed by atoms with Crippen LogP contribution in [-0.2, 0) is 6.42 Å². The fraction of sp³-hybridized carbons (Fsp3) is 0.250. The first-order valence-electron chi connectivity index (χ1n) is 6.52. The highest BCUT2D eigenvalue weighted by Gasteiger charge is 2.15. The van der Waals surface area contributed by atoms with E-state index in [4.69, 9.17) is 10.5 Å². The van der Waals surface area contributed by atoms with Crippen LogP contribution in [0.2, 0.25) is 0 Å². The maximum absolute atomic E-state index is 12.4. The molecule has 0 bridgehead atoms. The van der Waals surface area contributed by atoms with Gasteiger partial charge in [-0.25, -0.2) is 0 Å². The third kappa shape index (κ3) is 4.16. The quantitative estimate of drug-likeness (QED) is 0.886. The average Bonchev–Trinajstić information content (AvgIpc) is 2.47. The molecule has 2 rings (SSSR count). The highest BCUT2D eigenvalue weighted by atomic mass is 19.3. The molecule has 2 aromatic carbocycles. The van der Waals surface area contributed by atoms with Crippen LogP contribution < -0.4 is 15.2 Å². The number of hydrogen-bond acceptors (Lipinski definition) is 3. The average molecular weight is 293 g/mol. The van der Waals surface area contributed by atoms with Crippen molar-refractivity contribution in [3.05, 3.63) is 59.7 Å². The zero-order chi connectivity index (χ0) is 15.2. The molecule has 0 saturated carbocycles. The van der Waals surface area contributed by atoms with Gasteiger partial charge in [-0.2, -0.15) is 8.78 Å². The van der Waals surface area contributed by atoms with Crippen molar-refractivity contribution in [2.45, 2.75) is 19.1 Å². The van der Waals surface area contributed by atoms with E-state index in [2.05, 4.69) is 4.74 Å². The summed E-state index contributed by atoms with van der Waals surface area (Å²) in [5, 5.41) is 0. The molecule has 112 valence electrons. The van der Waals surface area contributed by atoms with Gasteiger partial charge in [0.1, 0.15) is 11.5 Å². The first-order valence-corrected chi connectivity index (χ1v) is 6.52. The molecule has 1 unspecified atom stereocenters. The lowest BCUT2D eigenvalue weighted by atomic mass is 9.99. The maximum atomic E-state index is 12.4. The molecule has 5 heteroatoms. The van der Waals surface area contributed by atoms with E-state index in [1.165, 1.54) is 6.07 Å². The fourth-order valence-corrected chi connectivity index (χ4v) is 2.15. The molecule has 21 heavy (non-hydrogen) atoms. The molecule has 2 aromatic rings. The van der Waals surface area contributed by atoms with Gasteiger partial charge >= 0.3 is 6.61 Å². The van der Waals surface area contributed by atoms with Crippen LogP contribution in [0.5, 0.6) is 11.5 Å². The molecule has 0 aliphatic rings. The molecular formula is C16H17F2NO2. The monoisotopic (exact) mass is 293 g/mol. The van der Waals surface area contributed by atoms with Gasteiger partial charge < -0.3 is 15.2 Å². The Balaban J connectivity index is 2.17. The fourth-order valence-electron chi connectivity index (χ4n) is 2.15. The standard InChI is InChI=1S/C16H17F2NO2/c1-20-12-6-4-5-11(9-12)10-14(19)13-7-2-3-8-15(13)21-16(17)18/h2-9,14,16H,10,19H2,1H3. The minimum atomic E-state index is -2.87. The van der Waals surface area contributed by atoms with Crippen LogP contribution in [-0.4, -0.2) is 13.7 Å². The van der Waals surface area contributed by atoms with E-state index in [1.807, 2.05) is 24.3 Å². The van der Waals surface area contributed by atoms with Crippen molar-refractivity contribution < 1.29 is 18.3 Å². The predicted molar refractivity (Wildman–Crippen MR) is 76.7 cm³/mol. The second-order valence-corrected chi connectivity index (χ2v) is 4.58. The van der Waals surface area contributed by atoms with Gasteiger partial charge in [-0.3, -0.25) is 0 Å². The van der Waals surface area contributed by atoms with Gasteiger partial charge in [-0.15, -0.1) is 0 Å². The number of halogens is 2. The number of hydrogen-bond donors (Lipinski definition) is 1. The van der Waals surface area contributed by atoms with Crippen LogP contribution in [0.25, 0.3) is 0 Å². The Morgan fingerprint density at radius 2 is 1.86 bits per heavy atom. The number of para-hydroxylation sites is 1. The summed E-state index contributed by atoms with van der Waals surface area (Å²) >= 11 is 0. The van der Waals surface area contributed by atoms with Crippen LogP contribution in [0.3, 0.4) is 0 Å². The number of benzene rings is 2. The second-order valence-electron chi connectivity index (χ2n) is 4.58. The first-order chi connectivity index (χ1) is 10.1. The minimum Gasteiger partial charge on any atom is -0.497 e. The highest BCUT2D eigenvalue weighted by molar-refractivity contribution is 5.37. The Labute approximate surface area is 122 Å². The van der Waals surface area contributed by atoms with Gasteiger partial charge in [0.25, 0.3) is 0 Å². The van der Waals surface area contributed by atoms with Crippen molar-refractivity contribution >= 4 is 0 Å². The van der Waals surface area contributed by atoms with Gasteiger partial charge in [0.05, 0.1) is 7.11 Å². The zero-order valence-electron chi connectivity index (χ0n) is 11.6. The Morgan fingerprint density at radius 1 is 1.10 bits per heavy atom. The van der Waals surface area contributed by atoms with Crippen LogP contribution >= 0.6 is 0 Å². The Morgan fingerprint density at radius 3 is 2.57 bits per heavy atom. The lowest BCUT2D eigenvalue weighted by Crippen LogP contribution is -2.16.